The van der Waals surface area contributed by atoms with Gasteiger partial charge in [0.25, 0.3) is 5.16 Å². The molecule has 6 heteroatoms. The van der Waals surface area contributed by atoms with Gasteiger partial charge in [0.1, 0.15) is 6.33 Å². The maximum Gasteiger partial charge on any atom is 0.266 e. The standard InChI is InChI=1S/C3H5N3O2S/c1-6-2-4-3(5-6)9(7)8/h2H,1H3,(H,7,8). The minimum Gasteiger partial charge on any atom is -0.300 e. The highest BCUT2D eigenvalue weighted by Crippen LogP contribution is 1.90. The van der Waals surface area contributed by atoms with Gasteiger partial charge in [0.15, 0.2) is 0 Å². The second-order valence-electron chi connectivity index (χ2n) is 1.45. The Morgan fingerprint density at radius 1 is 1.89 bits per heavy atom. The molecular formula is C3H5N3O2S. The van der Waals surface area contributed by atoms with Gasteiger partial charge in [-0.3, -0.25) is 9.23 Å². The number of hydrogen-bond donors (Lipinski definition) is 1. The molecule has 0 fully saturated rings. The Balaban J connectivity index is 2.98. The van der Waals surface area contributed by atoms with Gasteiger partial charge in [0, 0.05) is 7.05 Å². The maximum absolute atomic E-state index is 10.2. The zero-order valence-electron chi connectivity index (χ0n) is 4.68. The molecule has 9 heavy (non-hydrogen) atoms. The third-order valence-corrected chi connectivity index (χ3v) is 1.23. The second kappa shape index (κ2) is 2.24. The molecule has 0 bridgehead atoms. The number of aromatic nitrogens is 3. The van der Waals surface area contributed by atoms with Crippen LogP contribution in [0, 0.1) is 0 Å². The van der Waals surface area contributed by atoms with Gasteiger partial charge in [0.05, 0.1) is 0 Å². The first-order chi connectivity index (χ1) is 4.20. The molecule has 1 rings (SSSR count). The van der Waals surface area contributed by atoms with Crippen LogP contribution in [0.3, 0.4) is 0 Å². The van der Waals surface area contributed by atoms with Crippen molar-refractivity contribution in [1.29, 1.82) is 0 Å². The molecule has 0 aliphatic rings. The lowest BCUT2D eigenvalue weighted by Gasteiger charge is -1.80. The first kappa shape index (κ1) is 6.37. The summed E-state index contributed by atoms with van der Waals surface area (Å²) in [6.07, 6.45) is 1.36. The highest BCUT2D eigenvalue weighted by Gasteiger charge is 2.02. The van der Waals surface area contributed by atoms with Crippen molar-refractivity contribution in [2.45, 2.75) is 5.16 Å². The molecule has 1 aromatic heterocycles. The summed E-state index contributed by atoms with van der Waals surface area (Å²) in [6, 6.07) is 0. The fraction of sp³-hybridized carbons (Fsp3) is 0.333. The van der Waals surface area contributed by atoms with Crippen molar-refractivity contribution in [3.8, 4) is 0 Å². The van der Waals surface area contributed by atoms with Gasteiger partial charge < -0.3 is 0 Å². The van der Waals surface area contributed by atoms with Crippen LogP contribution in [-0.4, -0.2) is 23.5 Å². The van der Waals surface area contributed by atoms with Gasteiger partial charge in [0.2, 0.25) is 11.1 Å². The van der Waals surface area contributed by atoms with Crippen molar-refractivity contribution in [2.24, 2.45) is 7.05 Å². The maximum atomic E-state index is 10.2. The molecule has 0 aliphatic heterocycles. The first-order valence-corrected chi connectivity index (χ1v) is 3.27. The van der Waals surface area contributed by atoms with Gasteiger partial charge in [-0.25, -0.2) is 9.19 Å². The topological polar surface area (TPSA) is 68.0 Å². The van der Waals surface area contributed by atoms with Crippen LogP contribution in [-0.2, 0) is 18.1 Å². The van der Waals surface area contributed by atoms with E-state index in [9.17, 15) is 4.21 Å². The zero-order chi connectivity index (χ0) is 6.85. The van der Waals surface area contributed by atoms with Gasteiger partial charge in [-0.1, -0.05) is 0 Å². The smallest absolute Gasteiger partial charge is 0.266 e. The van der Waals surface area contributed by atoms with Crippen LogP contribution < -0.4 is 0 Å². The van der Waals surface area contributed by atoms with Crippen molar-refractivity contribution in [1.82, 2.24) is 14.8 Å². The Morgan fingerprint density at radius 2 is 2.56 bits per heavy atom. The van der Waals surface area contributed by atoms with Crippen molar-refractivity contribution >= 4 is 11.1 Å². The molecule has 1 aromatic rings. The van der Waals surface area contributed by atoms with Gasteiger partial charge in [-0.2, -0.15) is 0 Å². The molecule has 1 heterocycles. The lowest BCUT2D eigenvalue weighted by Crippen LogP contribution is -1.93. The van der Waals surface area contributed by atoms with E-state index in [1.54, 1.807) is 7.05 Å². The Hall–Kier alpha value is -0.750. The normalized spacial score (nSPS) is 13.6. The van der Waals surface area contributed by atoms with Gasteiger partial charge in [-0.05, 0) is 0 Å². The van der Waals surface area contributed by atoms with Crippen molar-refractivity contribution in [3.05, 3.63) is 6.33 Å². The molecule has 1 unspecified atom stereocenters. The quantitative estimate of drug-likeness (QED) is 0.538. The lowest BCUT2D eigenvalue weighted by molar-refractivity contribution is 0.553. The summed E-state index contributed by atoms with van der Waals surface area (Å²) >= 11 is -2.05. The van der Waals surface area contributed by atoms with Crippen LogP contribution in [0.2, 0.25) is 0 Å². The monoisotopic (exact) mass is 147 g/mol. The molecule has 0 aromatic carbocycles. The molecule has 0 spiro atoms. The minimum absolute atomic E-state index is 0.0579. The van der Waals surface area contributed by atoms with E-state index < -0.39 is 11.1 Å². The Morgan fingerprint density at radius 3 is 2.78 bits per heavy atom. The SMILES string of the molecule is Cn1cnc(S(=O)O)n1. The summed E-state index contributed by atoms with van der Waals surface area (Å²) in [6.45, 7) is 0. The summed E-state index contributed by atoms with van der Waals surface area (Å²) < 4.78 is 19.9. The van der Waals surface area contributed by atoms with Gasteiger partial charge >= 0.3 is 0 Å². The van der Waals surface area contributed by atoms with E-state index in [0.717, 1.165) is 0 Å². The predicted octanol–water partition coefficient (Wildman–Crippen LogP) is -0.604. The van der Waals surface area contributed by atoms with Crippen LogP contribution in [0.15, 0.2) is 11.5 Å². The van der Waals surface area contributed by atoms with Crippen molar-refractivity contribution < 1.29 is 8.76 Å². The van der Waals surface area contributed by atoms with Crippen LogP contribution in [0.25, 0.3) is 0 Å². The molecule has 0 radical (unpaired) electrons. The third-order valence-electron chi connectivity index (χ3n) is 0.735. The predicted molar refractivity (Wildman–Crippen MR) is 30.0 cm³/mol. The van der Waals surface area contributed by atoms with Crippen LogP contribution >= 0.6 is 0 Å². The summed E-state index contributed by atoms with van der Waals surface area (Å²) in [5.74, 6) is 0. The molecule has 0 saturated carbocycles. The highest BCUT2D eigenvalue weighted by atomic mass is 32.2. The average molecular weight is 147 g/mol. The molecule has 0 saturated heterocycles. The first-order valence-electron chi connectivity index (χ1n) is 2.16. The zero-order valence-corrected chi connectivity index (χ0v) is 5.50. The fourth-order valence-electron chi connectivity index (χ4n) is 0.400. The molecule has 1 atom stereocenters. The van der Waals surface area contributed by atoms with Crippen molar-refractivity contribution in [3.63, 3.8) is 0 Å². The highest BCUT2D eigenvalue weighted by molar-refractivity contribution is 7.79. The number of nitrogens with zero attached hydrogens (tertiary/aromatic N) is 3. The molecular weight excluding hydrogens is 142 g/mol. The van der Waals surface area contributed by atoms with E-state index >= 15 is 0 Å². The van der Waals surface area contributed by atoms with E-state index in [1.165, 1.54) is 11.0 Å². The van der Waals surface area contributed by atoms with E-state index in [-0.39, 0.29) is 5.16 Å². The number of rotatable bonds is 1. The van der Waals surface area contributed by atoms with Crippen LogP contribution in [0.5, 0.6) is 0 Å². The molecule has 1 N–H and O–H groups in total. The van der Waals surface area contributed by atoms with Crippen LogP contribution in [0.1, 0.15) is 0 Å². The third kappa shape index (κ3) is 1.33. The Labute approximate surface area is 54.0 Å². The molecule has 0 amide bonds. The Bertz CT molecular complexity index is 233. The van der Waals surface area contributed by atoms with E-state index in [0.29, 0.717) is 0 Å². The minimum atomic E-state index is -2.05. The molecule has 0 aliphatic carbocycles. The van der Waals surface area contributed by atoms with E-state index in [1.807, 2.05) is 0 Å². The summed E-state index contributed by atoms with van der Waals surface area (Å²) in [7, 11) is 1.63. The van der Waals surface area contributed by atoms with E-state index in [4.69, 9.17) is 4.55 Å². The van der Waals surface area contributed by atoms with Crippen molar-refractivity contribution in [2.75, 3.05) is 0 Å². The number of aryl methyl sites for hydroxylation is 1. The van der Waals surface area contributed by atoms with Crippen LogP contribution in [0.4, 0.5) is 0 Å². The number of hydrogen-bond acceptors (Lipinski definition) is 3. The van der Waals surface area contributed by atoms with E-state index in [2.05, 4.69) is 10.1 Å². The largest absolute Gasteiger partial charge is 0.300 e. The lowest BCUT2D eigenvalue weighted by atomic mass is 11.2. The average Bonchev–Trinajstić information content (AvgIpc) is 2.14. The molecule has 50 valence electrons. The van der Waals surface area contributed by atoms with Gasteiger partial charge in [-0.15, -0.1) is 5.10 Å². The second-order valence-corrected chi connectivity index (χ2v) is 2.31. The fourth-order valence-corrected chi connectivity index (χ4v) is 0.735. The summed E-state index contributed by atoms with van der Waals surface area (Å²) in [4.78, 5) is 3.52. The summed E-state index contributed by atoms with van der Waals surface area (Å²) in [5.41, 5.74) is 0. The summed E-state index contributed by atoms with van der Waals surface area (Å²) in [5, 5.41) is 3.51. The Kier molecular flexibility index (Phi) is 1.58. The molecule has 5 nitrogen and oxygen atoms in total.